The number of benzene rings is 2. The lowest BCUT2D eigenvalue weighted by Crippen LogP contribution is -2.01. The molecule has 0 spiro atoms. The molecule has 0 aliphatic rings. The zero-order chi connectivity index (χ0) is 14.0. The maximum absolute atomic E-state index is 13.6. The molecule has 5 heteroatoms. The normalized spacial score (nSPS) is 12.3. The summed E-state index contributed by atoms with van der Waals surface area (Å²) in [7, 11) is 1.40. The molecule has 19 heavy (non-hydrogen) atoms. The van der Waals surface area contributed by atoms with Crippen LogP contribution in [0.25, 0.3) is 0 Å². The molecule has 1 atom stereocenters. The molecule has 2 rings (SSSR count). The Labute approximate surface area is 129 Å². The molecule has 0 saturated heterocycles. The van der Waals surface area contributed by atoms with Gasteiger partial charge in [0, 0.05) is 3.57 Å². The minimum Gasteiger partial charge on any atom is -0.494 e. The zero-order valence-electron chi connectivity index (χ0n) is 10.0. The number of aliphatic hydroxyl groups excluding tert-OH is 1. The van der Waals surface area contributed by atoms with Crippen molar-refractivity contribution in [2.45, 2.75) is 6.10 Å². The minimum atomic E-state index is -0.921. The second-order valence-electron chi connectivity index (χ2n) is 3.97. The van der Waals surface area contributed by atoms with E-state index in [1.165, 1.54) is 19.2 Å². The number of ether oxygens (including phenoxy) is 1. The summed E-state index contributed by atoms with van der Waals surface area (Å²) in [5.41, 5.74) is 1.07. The van der Waals surface area contributed by atoms with Gasteiger partial charge in [-0.25, -0.2) is 4.39 Å². The largest absolute Gasteiger partial charge is 0.494 e. The van der Waals surface area contributed by atoms with Crippen LogP contribution in [0.2, 0.25) is 5.02 Å². The Bertz CT molecular complexity index is 604. The SMILES string of the molecule is COc1ccc(C(O)c2ccc(I)c(Cl)c2)cc1F. The van der Waals surface area contributed by atoms with Gasteiger partial charge in [0.15, 0.2) is 11.6 Å². The second kappa shape index (κ2) is 6.07. The van der Waals surface area contributed by atoms with Crippen LogP contribution in [0, 0.1) is 9.39 Å². The van der Waals surface area contributed by atoms with Crippen LogP contribution >= 0.6 is 34.2 Å². The van der Waals surface area contributed by atoms with Gasteiger partial charge in [0.1, 0.15) is 6.10 Å². The molecule has 0 fully saturated rings. The quantitative estimate of drug-likeness (QED) is 0.794. The molecule has 0 aromatic heterocycles. The summed E-state index contributed by atoms with van der Waals surface area (Å²) in [6.07, 6.45) is -0.921. The Kier molecular flexibility index (Phi) is 4.65. The van der Waals surface area contributed by atoms with Gasteiger partial charge >= 0.3 is 0 Å². The molecule has 0 saturated carbocycles. The van der Waals surface area contributed by atoms with E-state index in [1.807, 2.05) is 0 Å². The first-order chi connectivity index (χ1) is 9.02. The first-order valence-corrected chi connectivity index (χ1v) is 6.95. The Morgan fingerprint density at radius 2 is 1.84 bits per heavy atom. The monoisotopic (exact) mass is 392 g/mol. The topological polar surface area (TPSA) is 29.5 Å². The van der Waals surface area contributed by atoms with Gasteiger partial charge in [-0.15, -0.1) is 0 Å². The highest BCUT2D eigenvalue weighted by atomic mass is 127. The maximum atomic E-state index is 13.6. The molecule has 0 radical (unpaired) electrons. The molecule has 0 amide bonds. The van der Waals surface area contributed by atoms with Crippen molar-refractivity contribution in [2.75, 3.05) is 7.11 Å². The van der Waals surface area contributed by atoms with E-state index < -0.39 is 11.9 Å². The highest BCUT2D eigenvalue weighted by Gasteiger charge is 2.14. The fraction of sp³-hybridized carbons (Fsp3) is 0.143. The summed E-state index contributed by atoms with van der Waals surface area (Å²) in [6, 6.07) is 9.62. The Hall–Kier alpha value is -0.850. The van der Waals surface area contributed by atoms with Gasteiger partial charge in [-0.3, -0.25) is 0 Å². The van der Waals surface area contributed by atoms with E-state index in [4.69, 9.17) is 16.3 Å². The van der Waals surface area contributed by atoms with Crippen LogP contribution in [-0.4, -0.2) is 12.2 Å². The number of rotatable bonds is 3. The third-order valence-electron chi connectivity index (χ3n) is 2.75. The third kappa shape index (κ3) is 3.19. The van der Waals surface area contributed by atoms with Crippen molar-refractivity contribution in [1.82, 2.24) is 0 Å². The van der Waals surface area contributed by atoms with E-state index in [0.29, 0.717) is 16.1 Å². The number of aliphatic hydroxyl groups is 1. The second-order valence-corrected chi connectivity index (χ2v) is 5.54. The number of methoxy groups -OCH3 is 1. The lowest BCUT2D eigenvalue weighted by atomic mass is 10.0. The first kappa shape index (κ1) is 14.6. The number of halogens is 3. The fourth-order valence-electron chi connectivity index (χ4n) is 1.73. The average molecular weight is 393 g/mol. The molecule has 0 bridgehead atoms. The van der Waals surface area contributed by atoms with Crippen LogP contribution in [0.5, 0.6) is 5.75 Å². The Morgan fingerprint density at radius 1 is 1.21 bits per heavy atom. The third-order valence-corrected chi connectivity index (χ3v) is 4.32. The minimum absolute atomic E-state index is 0.150. The summed E-state index contributed by atoms with van der Waals surface area (Å²) < 4.78 is 19.3. The van der Waals surface area contributed by atoms with Crippen molar-refractivity contribution in [3.63, 3.8) is 0 Å². The Morgan fingerprint density at radius 3 is 2.42 bits per heavy atom. The van der Waals surface area contributed by atoms with Crippen LogP contribution in [0.15, 0.2) is 36.4 Å². The predicted octanol–water partition coefficient (Wildman–Crippen LogP) is 4.17. The molecule has 2 aromatic carbocycles. The van der Waals surface area contributed by atoms with Crippen LogP contribution in [0.3, 0.4) is 0 Å². The summed E-state index contributed by atoms with van der Waals surface area (Å²) >= 11 is 8.12. The lowest BCUT2D eigenvalue weighted by molar-refractivity contribution is 0.219. The van der Waals surface area contributed by atoms with Gasteiger partial charge in [-0.1, -0.05) is 23.7 Å². The maximum Gasteiger partial charge on any atom is 0.165 e. The molecule has 0 aliphatic carbocycles. The average Bonchev–Trinajstić information content (AvgIpc) is 2.41. The molecular formula is C14H11ClFIO2. The molecule has 1 N–H and O–H groups in total. The van der Waals surface area contributed by atoms with Gasteiger partial charge in [0.2, 0.25) is 0 Å². The van der Waals surface area contributed by atoms with Gasteiger partial charge < -0.3 is 9.84 Å². The van der Waals surface area contributed by atoms with Crippen molar-refractivity contribution in [2.24, 2.45) is 0 Å². The highest BCUT2D eigenvalue weighted by Crippen LogP contribution is 2.29. The van der Waals surface area contributed by atoms with E-state index in [0.717, 1.165) is 3.57 Å². The molecule has 2 nitrogen and oxygen atoms in total. The summed E-state index contributed by atoms with van der Waals surface area (Å²) in [4.78, 5) is 0. The van der Waals surface area contributed by atoms with Crippen LogP contribution in [-0.2, 0) is 0 Å². The first-order valence-electron chi connectivity index (χ1n) is 5.49. The van der Waals surface area contributed by atoms with Crippen molar-refractivity contribution in [3.8, 4) is 5.75 Å². The standard InChI is InChI=1S/C14H11ClFIO2/c1-19-13-5-3-9(7-11(13)16)14(18)8-2-4-12(17)10(15)6-8/h2-7,14,18H,1H3. The van der Waals surface area contributed by atoms with E-state index in [1.54, 1.807) is 24.3 Å². The molecule has 100 valence electrons. The van der Waals surface area contributed by atoms with E-state index in [9.17, 15) is 9.50 Å². The summed E-state index contributed by atoms with van der Waals surface area (Å²) in [5.74, 6) is -0.354. The van der Waals surface area contributed by atoms with E-state index >= 15 is 0 Å². The van der Waals surface area contributed by atoms with Crippen LogP contribution in [0.4, 0.5) is 4.39 Å². The highest BCUT2D eigenvalue weighted by molar-refractivity contribution is 14.1. The van der Waals surface area contributed by atoms with Crippen molar-refractivity contribution < 1.29 is 14.2 Å². The van der Waals surface area contributed by atoms with Crippen LogP contribution in [0.1, 0.15) is 17.2 Å². The lowest BCUT2D eigenvalue weighted by Gasteiger charge is -2.13. The molecule has 1 unspecified atom stereocenters. The summed E-state index contributed by atoms with van der Waals surface area (Å²) in [5, 5.41) is 10.8. The van der Waals surface area contributed by atoms with Gasteiger partial charge in [0.25, 0.3) is 0 Å². The zero-order valence-corrected chi connectivity index (χ0v) is 12.9. The van der Waals surface area contributed by atoms with E-state index in [2.05, 4.69) is 22.6 Å². The predicted molar refractivity (Wildman–Crippen MR) is 81.2 cm³/mol. The van der Waals surface area contributed by atoms with Crippen molar-refractivity contribution >= 4 is 34.2 Å². The van der Waals surface area contributed by atoms with Gasteiger partial charge in [-0.05, 0) is 58.0 Å². The van der Waals surface area contributed by atoms with Gasteiger partial charge in [-0.2, -0.15) is 0 Å². The molecule has 2 aromatic rings. The molecule has 0 aliphatic heterocycles. The van der Waals surface area contributed by atoms with E-state index in [-0.39, 0.29) is 5.75 Å². The Balaban J connectivity index is 2.35. The fourth-order valence-corrected chi connectivity index (χ4v) is 2.25. The van der Waals surface area contributed by atoms with Crippen molar-refractivity contribution in [3.05, 3.63) is 61.9 Å². The van der Waals surface area contributed by atoms with Crippen LogP contribution < -0.4 is 4.74 Å². The smallest absolute Gasteiger partial charge is 0.165 e. The van der Waals surface area contributed by atoms with Gasteiger partial charge in [0.05, 0.1) is 12.1 Å². The summed E-state index contributed by atoms with van der Waals surface area (Å²) in [6.45, 7) is 0. The molecule has 0 heterocycles. The number of hydrogen-bond acceptors (Lipinski definition) is 2. The number of hydrogen-bond donors (Lipinski definition) is 1. The van der Waals surface area contributed by atoms with Crippen molar-refractivity contribution in [1.29, 1.82) is 0 Å². The molecular weight excluding hydrogens is 382 g/mol.